The average molecular weight is 387 g/mol. The van der Waals surface area contributed by atoms with E-state index in [0.29, 0.717) is 12.3 Å². The molecule has 0 radical (unpaired) electrons. The third kappa shape index (κ3) is 6.50. The van der Waals surface area contributed by atoms with Crippen molar-refractivity contribution < 1.29 is 9.53 Å². The molecule has 0 fully saturated rings. The molecule has 2 rings (SSSR count). The number of carbonyl (C=O) groups excluding carboxylic acids is 1. The van der Waals surface area contributed by atoms with E-state index < -0.39 is 0 Å². The lowest BCUT2D eigenvalue weighted by molar-refractivity contribution is -0.123. The third-order valence-electron chi connectivity index (χ3n) is 2.46. The highest BCUT2D eigenvalue weighted by Crippen LogP contribution is 2.20. The normalized spacial score (nSPS) is 10.3. The Morgan fingerprint density at radius 2 is 2.19 bits per heavy atom. The van der Waals surface area contributed by atoms with Crippen LogP contribution < -0.4 is 10.1 Å². The molecule has 2 aromatic rings. The van der Waals surface area contributed by atoms with Gasteiger partial charge in [-0.15, -0.1) is 11.3 Å². The number of nitrogens with one attached hydrogen (secondary N) is 1. The lowest BCUT2D eigenvalue weighted by atomic mass is 10.3. The molecule has 1 N–H and O–H groups in total. The first kappa shape index (κ1) is 16.3. The van der Waals surface area contributed by atoms with Crippen LogP contribution >= 0.6 is 39.0 Å². The second kappa shape index (κ2) is 9.07. The number of ether oxygens (including phenoxy) is 1. The van der Waals surface area contributed by atoms with E-state index in [1.165, 1.54) is 0 Å². The van der Waals surface area contributed by atoms with Gasteiger partial charge in [0, 0.05) is 28.3 Å². The van der Waals surface area contributed by atoms with Crippen LogP contribution in [0.2, 0.25) is 0 Å². The zero-order valence-electron chi connectivity index (χ0n) is 11.3. The topological polar surface area (TPSA) is 51.2 Å². The number of thiazole rings is 1. The molecule has 112 valence electrons. The van der Waals surface area contributed by atoms with Crippen LogP contribution in [0.4, 0.5) is 0 Å². The Hall–Kier alpha value is -1.05. The number of nitrogens with zero attached hydrogens (tertiary/aromatic N) is 1. The number of halogens is 1. The molecule has 1 aromatic carbocycles. The van der Waals surface area contributed by atoms with Gasteiger partial charge in [-0.25, -0.2) is 4.98 Å². The number of hydrogen-bond donors (Lipinski definition) is 1. The van der Waals surface area contributed by atoms with Crippen molar-refractivity contribution in [2.75, 3.05) is 18.9 Å². The fourth-order valence-electron chi connectivity index (χ4n) is 1.47. The number of carbonyl (C=O) groups is 1. The Morgan fingerprint density at radius 3 is 2.90 bits per heavy atom. The van der Waals surface area contributed by atoms with E-state index in [1.54, 1.807) is 29.3 Å². The standard InChI is InChI=1S/C14H15BrN2O2S2/c15-11-2-4-12(5-3-11)19-10-13(18)16-6-1-8-20-14-17-7-9-21-14/h2-5,7,9H,1,6,8,10H2,(H,16,18). The SMILES string of the molecule is O=C(COc1ccc(Br)cc1)NCCCSc1nccs1. The molecule has 0 aliphatic rings. The maximum absolute atomic E-state index is 11.6. The van der Waals surface area contributed by atoms with Gasteiger partial charge < -0.3 is 10.1 Å². The first-order chi connectivity index (χ1) is 10.2. The summed E-state index contributed by atoms with van der Waals surface area (Å²) in [6.07, 6.45) is 2.71. The first-order valence-electron chi connectivity index (χ1n) is 6.41. The fraction of sp³-hybridized carbons (Fsp3) is 0.286. The summed E-state index contributed by atoms with van der Waals surface area (Å²) in [5.74, 6) is 1.53. The van der Waals surface area contributed by atoms with E-state index in [9.17, 15) is 4.79 Å². The van der Waals surface area contributed by atoms with Crippen molar-refractivity contribution in [2.45, 2.75) is 10.8 Å². The summed E-state index contributed by atoms with van der Waals surface area (Å²) in [5, 5.41) is 4.80. The van der Waals surface area contributed by atoms with Crippen LogP contribution in [0.25, 0.3) is 0 Å². The van der Waals surface area contributed by atoms with Crippen LogP contribution in [-0.4, -0.2) is 29.8 Å². The van der Waals surface area contributed by atoms with E-state index in [4.69, 9.17) is 4.74 Å². The average Bonchev–Trinajstić information content (AvgIpc) is 2.99. The number of hydrogen-bond acceptors (Lipinski definition) is 5. The number of aromatic nitrogens is 1. The van der Waals surface area contributed by atoms with Crippen LogP contribution in [0.15, 0.2) is 44.7 Å². The van der Waals surface area contributed by atoms with Gasteiger partial charge in [0.2, 0.25) is 0 Å². The van der Waals surface area contributed by atoms with Crippen molar-refractivity contribution in [2.24, 2.45) is 0 Å². The number of thioether (sulfide) groups is 1. The lowest BCUT2D eigenvalue weighted by Gasteiger charge is -2.07. The molecule has 0 atom stereocenters. The van der Waals surface area contributed by atoms with Crippen molar-refractivity contribution in [3.8, 4) is 5.75 Å². The van der Waals surface area contributed by atoms with E-state index in [-0.39, 0.29) is 12.5 Å². The summed E-state index contributed by atoms with van der Waals surface area (Å²) < 4.78 is 7.45. The summed E-state index contributed by atoms with van der Waals surface area (Å²) >= 11 is 6.69. The van der Waals surface area contributed by atoms with Crippen LogP contribution in [-0.2, 0) is 4.79 Å². The lowest BCUT2D eigenvalue weighted by Crippen LogP contribution is -2.29. The molecule has 0 saturated carbocycles. The van der Waals surface area contributed by atoms with E-state index >= 15 is 0 Å². The van der Waals surface area contributed by atoms with Gasteiger partial charge in [-0.2, -0.15) is 0 Å². The second-order valence-corrected chi connectivity index (χ2v) is 7.24. The largest absolute Gasteiger partial charge is 0.484 e. The van der Waals surface area contributed by atoms with E-state index in [1.807, 2.05) is 29.6 Å². The van der Waals surface area contributed by atoms with Gasteiger partial charge in [-0.1, -0.05) is 27.7 Å². The molecule has 0 bridgehead atoms. The highest BCUT2D eigenvalue weighted by molar-refractivity contribution is 9.10. The molecule has 0 unspecified atom stereocenters. The minimum absolute atomic E-state index is 0.0429. The quantitative estimate of drug-likeness (QED) is 0.556. The number of benzene rings is 1. The molecule has 0 aliphatic carbocycles. The molecule has 7 heteroatoms. The molecule has 0 saturated heterocycles. The van der Waals surface area contributed by atoms with Crippen LogP contribution in [0.1, 0.15) is 6.42 Å². The Bertz CT molecular complexity index is 547. The molecule has 1 aromatic heterocycles. The Kier molecular flexibility index (Phi) is 7.05. The Morgan fingerprint density at radius 1 is 1.38 bits per heavy atom. The first-order valence-corrected chi connectivity index (χ1v) is 9.07. The van der Waals surface area contributed by atoms with Crippen molar-refractivity contribution in [3.05, 3.63) is 40.3 Å². The monoisotopic (exact) mass is 386 g/mol. The smallest absolute Gasteiger partial charge is 0.257 e. The van der Waals surface area contributed by atoms with Crippen molar-refractivity contribution in [1.82, 2.24) is 10.3 Å². The molecule has 1 heterocycles. The molecular formula is C14H15BrN2O2S2. The predicted molar refractivity (Wildman–Crippen MR) is 90.1 cm³/mol. The Labute approximate surface area is 140 Å². The molecule has 21 heavy (non-hydrogen) atoms. The van der Waals surface area contributed by atoms with Crippen LogP contribution in [0.3, 0.4) is 0 Å². The van der Waals surface area contributed by atoms with E-state index in [0.717, 1.165) is 21.0 Å². The van der Waals surface area contributed by atoms with Gasteiger partial charge in [0.15, 0.2) is 6.61 Å². The van der Waals surface area contributed by atoms with Gasteiger partial charge in [-0.3, -0.25) is 4.79 Å². The highest BCUT2D eigenvalue weighted by atomic mass is 79.9. The summed E-state index contributed by atoms with van der Waals surface area (Å²) in [7, 11) is 0. The number of amides is 1. The third-order valence-corrected chi connectivity index (χ3v) is 5.04. The minimum Gasteiger partial charge on any atom is -0.484 e. The summed E-state index contributed by atoms with van der Waals surface area (Å²) in [5.41, 5.74) is 0. The highest BCUT2D eigenvalue weighted by Gasteiger charge is 2.02. The van der Waals surface area contributed by atoms with Gasteiger partial charge in [0.05, 0.1) is 0 Å². The van der Waals surface area contributed by atoms with Crippen LogP contribution in [0.5, 0.6) is 5.75 Å². The molecule has 4 nitrogen and oxygen atoms in total. The van der Waals surface area contributed by atoms with Crippen LogP contribution in [0, 0.1) is 0 Å². The summed E-state index contributed by atoms with van der Waals surface area (Å²) in [6, 6.07) is 7.40. The maximum atomic E-state index is 11.6. The molecule has 0 aliphatic heterocycles. The van der Waals surface area contributed by atoms with E-state index in [2.05, 4.69) is 26.2 Å². The molecule has 0 spiro atoms. The zero-order chi connectivity index (χ0) is 14.9. The van der Waals surface area contributed by atoms with Crippen molar-refractivity contribution in [3.63, 3.8) is 0 Å². The summed E-state index contributed by atoms with van der Waals surface area (Å²) in [4.78, 5) is 15.8. The zero-order valence-corrected chi connectivity index (χ0v) is 14.5. The summed E-state index contributed by atoms with van der Waals surface area (Å²) in [6.45, 7) is 0.697. The predicted octanol–water partition coefficient (Wildman–Crippen LogP) is 3.58. The van der Waals surface area contributed by atoms with Crippen molar-refractivity contribution in [1.29, 1.82) is 0 Å². The second-order valence-electron chi connectivity index (χ2n) is 4.09. The van der Waals surface area contributed by atoms with Gasteiger partial charge in [-0.05, 0) is 30.7 Å². The number of rotatable bonds is 8. The van der Waals surface area contributed by atoms with Crippen molar-refractivity contribution >= 4 is 44.9 Å². The molecule has 1 amide bonds. The van der Waals surface area contributed by atoms with Gasteiger partial charge in [0.25, 0.3) is 5.91 Å². The van der Waals surface area contributed by atoms with Gasteiger partial charge >= 0.3 is 0 Å². The molecular weight excluding hydrogens is 372 g/mol. The Balaban J connectivity index is 1.54. The van der Waals surface area contributed by atoms with Gasteiger partial charge in [0.1, 0.15) is 10.1 Å². The fourth-order valence-corrected chi connectivity index (χ4v) is 3.38. The maximum Gasteiger partial charge on any atom is 0.257 e. The minimum atomic E-state index is -0.0998.